The summed E-state index contributed by atoms with van der Waals surface area (Å²) in [4.78, 5) is 0. The summed E-state index contributed by atoms with van der Waals surface area (Å²) in [5, 5.41) is 10.7. The van der Waals surface area contributed by atoms with Crippen LogP contribution in [-0.4, -0.2) is 22.3 Å². The van der Waals surface area contributed by atoms with E-state index in [4.69, 9.17) is 10.5 Å². The van der Waals surface area contributed by atoms with Crippen molar-refractivity contribution in [2.24, 2.45) is 5.73 Å². The molecule has 0 radical (unpaired) electrons. The zero-order valence-electron chi connectivity index (χ0n) is 22.4. The number of aryl methyl sites for hydroxylation is 2. The number of halogens is 4. The Hall–Kier alpha value is -3.16. The van der Waals surface area contributed by atoms with E-state index in [-0.39, 0.29) is 24.2 Å². The molecule has 0 fully saturated rings. The van der Waals surface area contributed by atoms with E-state index in [0.29, 0.717) is 6.61 Å². The van der Waals surface area contributed by atoms with Crippen molar-refractivity contribution in [3.63, 3.8) is 0 Å². The van der Waals surface area contributed by atoms with Crippen LogP contribution in [0.4, 0.5) is 13.2 Å². The second kappa shape index (κ2) is 13.0. The van der Waals surface area contributed by atoms with Gasteiger partial charge in [0.05, 0.1) is 12.2 Å². The Morgan fingerprint density at radius 1 is 0.900 bits per heavy atom. The Morgan fingerprint density at radius 3 is 2.33 bits per heavy atom. The highest BCUT2D eigenvalue weighted by molar-refractivity contribution is 5.87. The maximum absolute atomic E-state index is 12.8. The molecule has 0 bridgehead atoms. The van der Waals surface area contributed by atoms with Gasteiger partial charge in [0, 0.05) is 35.6 Å². The molecule has 1 unspecified atom stereocenters. The number of phenolic OH excluding ortho intramolecular Hbond substituents is 1. The van der Waals surface area contributed by atoms with Crippen molar-refractivity contribution in [1.29, 1.82) is 0 Å². The molecule has 1 aromatic heterocycles. The normalized spacial score (nSPS) is 15.1. The van der Waals surface area contributed by atoms with Gasteiger partial charge in [0.25, 0.3) is 0 Å². The standard InChI is InChI=1S/C32H35F3N2O2.ClH/c33-32(34,35)24-9-5-22(6-10-24)4-2-1-3-18-37-30-15-11-25(36)20-28(30)29-21-27(14-16-31(29)37)39-19-17-23-7-12-26(38)13-8-23;/h5-10,12-14,16,21,25,38H,1-4,11,15,17-20,36H2;1H. The molecular formula is C32H36ClF3N2O2. The number of fused-ring (bicyclic) bond motifs is 3. The van der Waals surface area contributed by atoms with Crippen molar-refractivity contribution >= 4 is 23.3 Å². The minimum Gasteiger partial charge on any atom is -0.508 e. The van der Waals surface area contributed by atoms with Crippen molar-refractivity contribution < 1.29 is 23.0 Å². The number of nitrogens with zero attached hydrogens (tertiary/aromatic N) is 1. The number of aromatic hydroxyl groups is 1. The van der Waals surface area contributed by atoms with E-state index in [9.17, 15) is 18.3 Å². The van der Waals surface area contributed by atoms with E-state index in [1.807, 2.05) is 18.2 Å². The maximum atomic E-state index is 12.8. The van der Waals surface area contributed by atoms with Crippen LogP contribution >= 0.6 is 12.4 Å². The quantitative estimate of drug-likeness (QED) is 0.192. The molecule has 4 nitrogen and oxygen atoms in total. The number of unbranched alkanes of at least 4 members (excludes halogenated alkanes) is 2. The van der Waals surface area contributed by atoms with Gasteiger partial charge in [0.2, 0.25) is 0 Å². The highest BCUT2D eigenvalue weighted by atomic mass is 35.5. The number of hydrogen-bond donors (Lipinski definition) is 2. The predicted molar refractivity (Wildman–Crippen MR) is 155 cm³/mol. The molecule has 1 atom stereocenters. The van der Waals surface area contributed by atoms with Gasteiger partial charge in [0.15, 0.2) is 0 Å². The first-order valence-electron chi connectivity index (χ1n) is 13.7. The third-order valence-corrected chi connectivity index (χ3v) is 7.70. The third kappa shape index (κ3) is 7.12. The fourth-order valence-electron chi connectivity index (χ4n) is 5.59. The van der Waals surface area contributed by atoms with Crippen LogP contribution in [0.2, 0.25) is 0 Å². The molecule has 0 saturated heterocycles. The summed E-state index contributed by atoms with van der Waals surface area (Å²) in [6.07, 6.45) is 3.02. The van der Waals surface area contributed by atoms with Crippen LogP contribution in [0.5, 0.6) is 11.5 Å². The molecular weight excluding hydrogens is 537 g/mol. The average Bonchev–Trinajstić information content (AvgIpc) is 3.21. The van der Waals surface area contributed by atoms with E-state index >= 15 is 0 Å². The van der Waals surface area contributed by atoms with Crippen LogP contribution in [0.1, 0.15) is 53.6 Å². The van der Waals surface area contributed by atoms with Crippen LogP contribution in [0.3, 0.4) is 0 Å². The SMILES string of the molecule is Cl.NC1CCc2c(c3cc(OCCc4ccc(O)cc4)ccc3n2CCCCCc2ccc(C(F)(F)F)cc2)C1. The van der Waals surface area contributed by atoms with Gasteiger partial charge in [-0.3, -0.25) is 0 Å². The van der Waals surface area contributed by atoms with Crippen molar-refractivity contribution in [2.75, 3.05) is 6.61 Å². The van der Waals surface area contributed by atoms with Gasteiger partial charge < -0.3 is 20.1 Å². The minimum absolute atomic E-state index is 0. The first-order valence-corrected chi connectivity index (χ1v) is 13.7. The lowest BCUT2D eigenvalue weighted by Crippen LogP contribution is -2.28. The molecule has 0 amide bonds. The first kappa shape index (κ1) is 29.8. The predicted octanol–water partition coefficient (Wildman–Crippen LogP) is 7.64. The summed E-state index contributed by atoms with van der Waals surface area (Å²) in [6, 6.07) is 19.2. The zero-order valence-corrected chi connectivity index (χ0v) is 23.2. The summed E-state index contributed by atoms with van der Waals surface area (Å²) in [5.41, 5.74) is 11.7. The summed E-state index contributed by atoms with van der Waals surface area (Å²) in [5.74, 6) is 1.11. The van der Waals surface area contributed by atoms with Gasteiger partial charge >= 0.3 is 6.18 Å². The van der Waals surface area contributed by atoms with Crippen LogP contribution < -0.4 is 10.5 Å². The van der Waals surface area contributed by atoms with Crippen molar-refractivity contribution in [2.45, 2.75) is 70.1 Å². The summed E-state index contributed by atoms with van der Waals surface area (Å²) in [7, 11) is 0. The molecule has 1 heterocycles. The maximum Gasteiger partial charge on any atom is 0.416 e. The van der Waals surface area contributed by atoms with Crippen LogP contribution in [0.15, 0.2) is 66.7 Å². The Balaban J connectivity index is 0.00000370. The second-order valence-electron chi connectivity index (χ2n) is 10.5. The van der Waals surface area contributed by atoms with E-state index in [0.717, 1.165) is 74.8 Å². The van der Waals surface area contributed by atoms with E-state index in [2.05, 4.69) is 16.7 Å². The smallest absolute Gasteiger partial charge is 0.416 e. The van der Waals surface area contributed by atoms with E-state index < -0.39 is 11.7 Å². The lowest BCUT2D eigenvalue weighted by Gasteiger charge is -2.21. The molecule has 4 aromatic rings. The molecule has 5 rings (SSSR count). The van der Waals surface area contributed by atoms with Gasteiger partial charge in [-0.2, -0.15) is 13.2 Å². The number of ether oxygens (including phenoxy) is 1. The average molecular weight is 573 g/mol. The molecule has 0 aliphatic heterocycles. The van der Waals surface area contributed by atoms with E-state index in [1.54, 1.807) is 24.3 Å². The number of hydrogen-bond acceptors (Lipinski definition) is 3. The van der Waals surface area contributed by atoms with Gasteiger partial charge in [-0.15, -0.1) is 12.4 Å². The largest absolute Gasteiger partial charge is 0.508 e. The molecule has 1 aliphatic carbocycles. The summed E-state index contributed by atoms with van der Waals surface area (Å²) >= 11 is 0. The third-order valence-electron chi connectivity index (χ3n) is 7.70. The van der Waals surface area contributed by atoms with Crippen LogP contribution in [0.25, 0.3) is 10.9 Å². The molecule has 1 aliphatic rings. The highest BCUT2D eigenvalue weighted by Gasteiger charge is 2.30. The Labute approximate surface area is 239 Å². The monoisotopic (exact) mass is 572 g/mol. The van der Waals surface area contributed by atoms with Gasteiger partial charge in [-0.05, 0) is 97.7 Å². The lowest BCUT2D eigenvalue weighted by molar-refractivity contribution is -0.137. The Kier molecular flexibility index (Phi) is 9.69. The number of rotatable bonds is 10. The number of phenols is 1. The van der Waals surface area contributed by atoms with Crippen LogP contribution in [0, 0.1) is 0 Å². The number of aromatic nitrogens is 1. The first-order chi connectivity index (χ1) is 18.8. The topological polar surface area (TPSA) is 60.4 Å². The minimum atomic E-state index is -4.29. The van der Waals surface area contributed by atoms with Crippen molar-refractivity contribution in [3.8, 4) is 11.5 Å². The van der Waals surface area contributed by atoms with E-state index in [1.165, 1.54) is 34.3 Å². The summed E-state index contributed by atoms with van der Waals surface area (Å²) < 4.78 is 46.9. The Bertz CT molecular complexity index is 1400. The molecule has 214 valence electrons. The highest BCUT2D eigenvalue weighted by Crippen LogP contribution is 2.35. The number of benzene rings is 3. The number of nitrogens with two attached hydrogens (primary N) is 1. The fourth-order valence-corrected chi connectivity index (χ4v) is 5.59. The van der Waals surface area contributed by atoms with Crippen molar-refractivity contribution in [1.82, 2.24) is 4.57 Å². The summed E-state index contributed by atoms with van der Waals surface area (Å²) in [6.45, 7) is 1.47. The molecule has 3 aromatic carbocycles. The van der Waals surface area contributed by atoms with Gasteiger partial charge in [-0.25, -0.2) is 0 Å². The molecule has 0 spiro atoms. The fraction of sp³-hybridized carbons (Fsp3) is 0.375. The number of alkyl halides is 3. The van der Waals surface area contributed by atoms with Gasteiger partial charge in [0.1, 0.15) is 11.5 Å². The molecule has 3 N–H and O–H groups in total. The van der Waals surface area contributed by atoms with Crippen molar-refractivity contribution in [3.05, 3.63) is 94.7 Å². The molecule has 8 heteroatoms. The zero-order chi connectivity index (χ0) is 27.4. The second-order valence-corrected chi connectivity index (χ2v) is 10.5. The lowest BCUT2D eigenvalue weighted by atomic mass is 9.92. The Morgan fingerprint density at radius 2 is 1.60 bits per heavy atom. The molecule has 40 heavy (non-hydrogen) atoms. The van der Waals surface area contributed by atoms with Gasteiger partial charge in [-0.1, -0.05) is 30.7 Å². The molecule has 0 saturated carbocycles. The van der Waals surface area contributed by atoms with Crippen LogP contribution in [-0.2, 0) is 38.4 Å².